The highest BCUT2D eigenvalue weighted by molar-refractivity contribution is 5.80. The third-order valence-electron chi connectivity index (χ3n) is 12.9. The highest BCUT2D eigenvalue weighted by Crippen LogP contribution is 2.36. The maximum Gasteiger partial charge on any atom is 0.410 e. The van der Waals surface area contributed by atoms with Crippen molar-refractivity contribution in [2.45, 2.75) is 148 Å². The van der Waals surface area contributed by atoms with E-state index in [-0.39, 0.29) is 52.2 Å². The molecule has 4 fully saturated rings. The number of hydrogen-bond acceptors (Lipinski definition) is 22. The first-order valence-electron chi connectivity index (χ1n) is 23.4. The van der Waals surface area contributed by atoms with Crippen molar-refractivity contribution in [2.24, 2.45) is 28.7 Å². The van der Waals surface area contributed by atoms with Crippen molar-refractivity contribution in [3.63, 3.8) is 0 Å². The fourth-order valence-corrected chi connectivity index (χ4v) is 8.82. The van der Waals surface area contributed by atoms with Gasteiger partial charge in [-0.15, -0.1) is 0 Å². The molecule has 0 spiro atoms. The van der Waals surface area contributed by atoms with Gasteiger partial charge in [0.1, 0.15) is 92.6 Å². The lowest BCUT2D eigenvalue weighted by Crippen LogP contribution is -2.69. The molecule has 4 aliphatic rings. The van der Waals surface area contributed by atoms with Crippen LogP contribution >= 0.6 is 0 Å². The van der Waals surface area contributed by atoms with Crippen LogP contribution in [0.4, 0.5) is 9.18 Å². The number of carbonyl (C=O) groups excluding carboxylic acids is 2. The molecule has 0 bridgehead atoms. The number of carbonyl (C=O) groups is 2. The van der Waals surface area contributed by atoms with E-state index in [2.05, 4.69) is 5.32 Å². The summed E-state index contributed by atoms with van der Waals surface area (Å²) in [6.45, 7) is -2.59. The fraction of sp³-hybridized carbons (Fsp3) is 0.689. The van der Waals surface area contributed by atoms with Gasteiger partial charge in [0.2, 0.25) is 5.91 Å². The Kier molecular flexibility index (Phi) is 20.9. The number of aliphatic hydroxyl groups is 7. The molecule has 6 rings (SSSR count). The Bertz CT molecular complexity index is 1890. The predicted molar refractivity (Wildman–Crippen MR) is 241 cm³/mol. The third kappa shape index (κ3) is 13.7. The van der Waals surface area contributed by atoms with Crippen LogP contribution < -0.4 is 34.0 Å². The summed E-state index contributed by atoms with van der Waals surface area (Å²) in [7, 11) is 0. The molecular weight excluding hydrogens is 930 g/mol. The Morgan fingerprint density at radius 3 is 1.90 bits per heavy atom. The van der Waals surface area contributed by atoms with Crippen LogP contribution in [0.15, 0.2) is 60.7 Å². The van der Waals surface area contributed by atoms with Gasteiger partial charge in [-0.05, 0) is 36.9 Å². The summed E-state index contributed by atoms with van der Waals surface area (Å²) in [6, 6.07) is 13.2. The number of ether oxygens (including phenoxy) is 8. The number of nitrogens with zero attached hydrogens (tertiary/aromatic N) is 1. The summed E-state index contributed by atoms with van der Waals surface area (Å²) in [5, 5.41) is 77.6. The highest BCUT2D eigenvalue weighted by Gasteiger charge is 2.56. The van der Waals surface area contributed by atoms with Gasteiger partial charge in [-0.1, -0.05) is 60.7 Å². The van der Waals surface area contributed by atoms with Gasteiger partial charge in [-0.2, -0.15) is 0 Å². The summed E-state index contributed by atoms with van der Waals surface area (Å²) < 4.78 is 64.0. The quantitative estimate of drug-likeness (QED) is 0.0525. The van der Waals surface area contributed by atoms with Crippen molar-refractivity contribution >= 4 is 12.0 Å². The SMILES string of the molecule is NCC[C@H](O)C(=O)N[C@@H]1C[C@H](N)[C@@H](O[C@H]2O[C@H](CO)[C@@H](O)[C@H](O)[C@H]2N)[C@H](O[C@@H]2O[C@H](CF)[C@@H](O[C@H]3O[C@@H](CN)[C@@H](O)[C@H](O)[C@H]3N)[C@H]2OCCN(CCc2ccccc2)C(=O)OCc2ccccc2)[C@H]1O. The molecule has 3 saturated heterocycles. The number of rotatable bonds is 22. The second kappa shape index (κ2) is 26.3. The summed E-state index contributed by atoms with van der Waals surface area (Å²) >= 11 is 0. The largest absolute Gasteiger partial charge is 0.445 e. The highest BCUT2D eigenvalue weighted by atomic mass is 19.1. The van der Waals surface area contributed by atoms with Crippen molar-refractivity contribution in [1.82, 2.24) is 10.2 Å². The zero-order valence-corrected chi connectivity index (χ0v) is 38.5. The van der Waals surface area contributed by atoms with Crippen molar-refractivity contribution in [2.75, 3.05) is 46.1 Å². The zero-order valence-electron chi connectivity index (χ0n) is 38.5. The second-order valence-electron chi connectivity index (χ2n) is 17.8. The lowest BCUT2D eigenvalue weighted by Gasteiger charge is -2.48. The van der Waals surface area contributed by atoms with Gasteiger partial charge >= 0.3 is 6.09 Å². The van der Waals surface area contributed by atoms with Gasteiger partial charge in [0.05, 0.1) is 31.3 Å². The molecular formula is C45H70FN7O17. The Labute approximate surface area is 403 Å². The first-order chi connectivity index (χ1) is 33.6. The van der Waals surface area contributed by atoms with Crippen LogP contribution in [-0.2, 0) is 55.7 Å². The van der Waals surface area contributed by atoms with Crippen LogP contribution in [0.1, 0.15) is 24.0 Å². The van der Waals surface area contributed by atoms with Crippen molar-refractivity contribution in [1.29, 1.82) is 0 Å². The average molecular weight is 1000 g/mol. The lowest BCUT2D eigenvalue weighted by molar-refractivity contribution is -0.312. The van der Waals surface area contributed by atoms with Gasteiger partial charge in [-0.25, -0.2) is 9.18 Å². The van der Waals surface area contributed by atoms with Crippen molar-refractivity contribution in [3.8, 4) is 0 Å². The van der Waals surface area contributed by atoms with Crippen LogP contribution in [0.2, 0.25) is 0 Å². The van der Waals surface area contributed by atoms with E-state index < -0.39 is 148 Å². The molecule has 1 aliphatic carbocycles. The molecule has 0 aromatic heterocycles. The first kappa shape index (κ1) is 55.7. The first-order valence-corrected chi connectivity index (χ1v) is 23.4. The number of nitrogens with one attached hydrogen (secondary N) is 1. The molecule has 2 amide bonds. The number of hydrogen-bond donors (Lipinski definition) is 13. The zero-order chi connectivity index (χ0) is 50.6. The molecule has 2 aromatic carbocycles. The Morgan fingerprint density at radius 1 is 0.729 bits per heavy atom. The molecule has 18 N–H and O–H groups in total. The monoisotopic (exact) mass is 999 g/mol. The minimum absolute atomic E-state index is 0.0334. The molecule has 70 heavy (non-hydrogen) atoms. The molecule has 25 heteroatoms. The molecule has 3 heterocycles. The average Bonchev–Trinajstić information content (AvgIpc) is 3.69. The van der Waals surface area contributed by atoms with E-state index in [0.29, 0.717) is 6.42 Å². The van der Waals surface area contributed by atoms with Crippen LogP contribution in [0.25, 0.3) is 0 Å². The van der Waals surface area contributed by atoms with Gasteiger partial charge in [-0.3, -0.25) is 4.79 Å². The number of amides is 2. The van der Waals surface area contributed by atoms with Gasteiger partial charge in [0, 0.05) is 25.7 Å². The number of halogens is 1. The predicted octanol–water partition coefficient (Wildman–Crippen LogP) is -5.11. The molecule has 0 unspecified atom stereocenters. The van der Waals surface area contributed by atoms with E-state index in [1.807, 2.05) is 36.4 Å². The minimum atomic E-state index is -1.76. The van der Waals surface area contributed by atoms with Gasteiger partial charge in [0.25, 0.3) is 0 Å². The normalized spacial score (nSPS) is 37.1. The summed E-state index contributed by atoms with van der Waals surface area (Å²) in [6.07, 6.45) is -25.3. The van der Waals surface area contributed by atoms with E-state index in [1.54, 1.807) is 24.3 Å². The smallest absolute Gasteiger partial charge is 0.410 e. The Morgan fingerprint density at radius 2 is 1.30 bits per heavy atom. The molecule has 20 atom stereocenters. The van der Waals surface area contributed by atoms with Gasteiger partial charge < -0.3 is 113 Å². The number of nitrogens with two attached hydrogens (primary N) is 5. The maximum absolute atomic E-state index is 15.3. The molecule has 24 nitrogen and oxygen atoms in total. The van der Waals surface area contributed by atoms with Gasteiger partial charge in [0.15, 0.2) is 18.9 Å². The molecule has 0 radical (unpaired) electrons. The molecule has 2 aromatic rings. The fourth-order valence-electron chi connectivity index (χ4n) is 8.82. The molecule has 1 saturated carbocycles. The van der Waals surface area contributed by atoms with E-state index in [0.717, 1.165) is 11.1 Å². The standard InChI is InChI=1S/C45H70FN7O17/c46-18-27-38(69-42-30(50)35(59)33(57)28(19-48)66-42)40(63-16-15-53(14-12-22-7-3-1-4-8-22)45(62)64-21-23-9-5-2-6-10-23)44(65-27)70-39-32(56)25(52-41(61)26(55)11-13-47)17-24(49)37(39)68-43-31(51)36(60)34(58)29(20-54)67-43/h1-10,24-40,42-44,54-60H,11-21,47-51H2,(H,52,61)/t24-,25+,26-,27+,28-,29+,30+,31+,32-,33+,34+,35+,36+,37+,38+,39+,40+,42+,43+,44-/m0/s1. The summed E-state index contributed by atoms with van der Waals surface area (Å²) in [4.78, 5) is 28.2. The van der Waals surface area contributed by atoms with Crippen molar-refractivity contribution < 1.29 is 87.6 Å². The molecule has 3 aliphatic heterocycles. The molecule has 394 valence electrons. The number of alkyl halides is 1. The van der Waals surface area contributed by atoms with E-state index in [4.69, 9.17) is 66.6 Å². The summed E-state index contributed by atoms with van der Waals surface area (Å²) in [5.74, 6) is -0.893. The Hall–Kier alpha value is -3.65. The lowest BCUT2D eigenvalue weighted by atomic mass is 9.83. The van der Waals surface area contributed by atoms with E-state index in [9.17, 15) is 45.3 Å². The topological polar surface area (TPSA) is 395 Å². The van der Waals surface area contributed by atoms with Crippen LogP contribution in [0.3, 0.4) is 0 Å². The Balaban J connectivity index is 1.31. The van der Waals surface area contributed by atoms with Crippen molar-refractivity contribution in [3.05, 3.63) is 71.8 Å². The second-order valence-corrected chi connectivity index (χ2v) is 17.8. The number of aliphatic hydroxyl groups excluding tert-OH is 7. The van der Waals surface area contributed by atoms with E-state index in [1.165, 1.54) is 4.90 Å². The summed E-state index contributed by atoms with van der Waals surface area (Å²) in [5.41, 5.74) is 32.2. The number of benzene rings is 2. The van der Waals surface area contributed by atoms with Crippen LogP contribution in [0, 0.1) is 0 Å². The van der Waals surface area contributed by atoms with E-state index >= 15 is 4.39 Å². The third-order valence-corrected chi connectivity index (χ3v) is 12.9. The minimum Gasteiger partial charge on any atom is -0.445 e. The van der Waals surface area contributed by atoms with Crippen LogP contribution in [-0.4, -0.2) is 221 Å². The van der Waals surface area contributed by atoms with Crippen LogP contribution in [0.5, 0.6) is 0 Å². The maximum atomic E-state index is 15.3.